The molecule has 1 heterocycles. The molecule has 4 heteroatoms. The smallest absolute Gasteiger partial charge is 0.191 e. The van der Waals surface area contributed by atoms with E-state index in [0.29, 0.717) is 5.69 Å². The first kappa shape index (κ1) is 15.0. The van der Waals surface area contributed by atoms with Crippen LogP contribution in [0.2, 0.25) is 0 Å². The largest absolute Gasteiger partial charge is 0.211 e. The van der Waals surface area contributed by atoms with Crippen molar-refractivity contribution < 1.29 is 0 Å². The predicted octanol–water partition coefficient (Wildman–Crippen LogP) is 4.10. The van der Waals surface area contributed by atoms with Crippen LogP contribution in [-0.2, 0) is 5.41 Å². The highest BCUT2D eigenvalue weighted by Gasteiger charge is 2.18. The SMILES string of the molecule is CC(C)(C)c1ccc(-c2c(C#N)nnn2-c2ccccc2)cc1. The minimum Gasteiger partial charge on any atom is -0.211 e. The Hall–Kier alpha value is -2.93. The van der Waals surface area contributed by atoms with Gasteiger partial charge in [-0.05, 0) is 23.1 Å². The molecule has 23 heavy (non-hydrogen) atoms. The maximum absolute atomic E-state index is 9.36. The topological polar surface area (TPSA) is 54.5 Å². The van der Waals surface area contributed by atoms with Crippen molar-refractivity contribution in [2.45, 2.75) is 26.2 Å². The van der Waals surface area contributed by atoms with Crippen molar-refractivity contribution in [3.63, 3.8) is 0 Å². The van der Waals surface area contributed by atoms with Gasteiger partial charge in [0.05, 0.1) is 5.69 Å². The molecule has 0 saturated carbocycles. The Bertz CT molecular complexity index is 847. The molecule has 4 nitrogen and oxygen atoms in total. The van der Waals surface area contributed by atoms with Crippen molar-refractivity contribution in [3.8, 4) is 23.0 Å². The quantitative estimate of drug-likeness (QED) is 0.716. The second kappa shape index (κ2) is 5.69. The molecule has 0 aliphatic rings. The van der Waals surface area contributed by atoms with Crippen molar-refractivity contribution in [1.82, 2.24) is 15.0 Å². The monoisotopic (exact) mass is 302 g/mol. The van der Waals surface area contributed by atoms with Crippen LogP contribution in [0.15, 0.2) is 54.6 Å². The second-order valence-electron chi connectivity index (χ2n) is 6.47. The lowest BCUT2D eigenvalue weighted by atomic mass is 9.86. The molecule has 0 saturated heterocycles. The summed E-state index contributed by atoms with van der Waals surface area (Å²) in [5, 5.41) is 17.5. The number of nitrogens with zero attached hydrogens (tertiary/aromatic N) is 4. The Morgan fingerprint density at radius 3 is 2.17 bits per heavy atom. The Morgan fingerprint density at radius 2 is 1.61 bits per heavy atom. The van der Waals surface area contributed by atoms with E-state index in [-0.39, 0.29) is 5.41 Å². The molecule has 0 aliphatic heterocycles. The number of aromatic nitrogens is 3. The van der Waals surface area contributed by atoms with E-state index < -0.39 is 0 Å². The zero-order valence-electron chi connectivity index (χ0n) is 13.5. The third-order valence-electron chi connectivity index (χ3n) is 3.80. The minimum absolute atomic E-state index is 0.0918. The summed E-state index contributed by atoms with van der Waals surface area (Å²) in [6.07, 6.45) is 0. The normalized spacial score (nSPS) is 11.2. The maximum atomic E-state index is 9.36. The number of hydrogen-bond donors (Lipinski definition) is 0. The molecule has 0 aliphatic carbocycles. The summed E-state index contributed by atoms with van der Waals surface area (Å²) in [6.45, 7) is 6.54. The number of benzene rings is 2. The number of nitriles is 1. The highest BCUT2D eigenvalue weighted by molar-refractivity contribution is 5.67. The summed E-state index contributed by atoms with van der Waals surface area (Å²) >= 11 is 0. The fraction of sp³-hybridized carbons (Fsp3) is 0.211. The maximum Gasteiger partial charge on any atom is 0.191 e. The van der Waals surface area contributed by atoms with Gasteiger partial charge in [-0.2, -0.15) is 5.26 Å². The summed E-state index contributed by atoms with van der Waals surface area (Å²) in [5.74, 6) is 0. The Balaban J connectivity index is 2.13. The van der Waals surface area contributed by atoms with E-state index in [2.05, 4.69) is 49.3 Å². The van der Waals surface area contributed by atoms with Crippen LogP contribution in [0.4, 0.5) is 0 Å². The molecular formula is C19H18N4. The molecule has 0 fully saturated rings. The van der Waals surface area contributed by atoms with Gasteiger partial charge in [-0.15, -0.1) is 5.10 Å². The molecule has 0 amide bonds. The fourth-order valence-electron chi connectivity index (χ4n) is 2.49. The van der Waals surface area contributed by atoms with Gasteiger partial charge in [-0.1, -0.05) is 68.4 Å². The van der Waals surface area contributed by atoms with E-state index in [1.807, 2.05) is 42.5 Å². The average molecular weight is 302 g/mol. The summed E-state index contributed by atoms with van der Waals surface area (Å²) < 4.78 is 1.71. The summed E-state index contributed by atoms with van der Waals surface area (Å²) in [4.78, 5) is 0. The zero-order valence-corrected chi connectivity index (χ0v) is 13.5. The lowest BCUT2D eigenvalue weighted by Crippen LogP contribution is -2.10. The lowest BCUT2D eigenvalue weighted by molar-refractivity contribution is 0.590. The third kappa shape index (κ3) is 2.86. The van der Waals surface area contributed by atoms with Crippen LogP contribution in [0.1, 0.15) is 32.0 Å². The Labute approximate surface area is 136 Å². The fourth-order valence-corrected chi connectivity index (χ4v) is 2.49. The minimum atomic E-state index is 0.0918. The van der Waals surface area contributed by atoms with E-state index in [1.54, 1.807) is 4.68 Å². The van der Waals surface area contributed by atoms with Crippen molar-refractivity contribution >= 4 is 0 Å². The van der Waals surface area contributed by atoms with Crippen LogP contribution < -0.4 is 0 Å². The van der Waals surface area contributed by atoms with Crippen LogP contribution in [0.5, 0.6) is 0 Å². The van der Waals surface area contributed by atoms with Gasteiger partial charge >= 0.3 is 0 Å². The van der Waals surface area contributed by atoms with E-state index in [9.17, 15) is 5.26 Å². The van der Waals surface area contributed by atoms with E-state index in [4.69, 9.17) is 0 Å². The van der Waals surface area contributed by atoms with Gasteiger partial charge in [0.15, 0.2) is 5.69 Å². The van der Waals surface area contributed by atoms with Crippen molar-refractivity contribution in [3.05, 3.63) is 65.9 Å². The highest BCUT2D eigenvalue weighted by Crippen LogP contribution is 2.28. The molecule has 0 spiro atoms. The van der Waals surface area contributed by atoms with Gasteiger partial charge in [0.1, 0.15) is 11.8 Å². The molecule has 0 radical (unpaired) electrons. The molecule has 1 aromatic heterocycles. The third-order valence-corrected chi connectivity index (χ3v) is 3.80. The molecule has 2 aromatic carbocycles. The molecule has 0 N–H and O–H groups in total. The van der Waals surface area contributed by atoms with E-state index in [1.165, 1.54) is 5.56 Å². The summed E-state index contributed by atoms with van der Waals surface area (Å²) in [7, 11) is 0. The van der Waals surface area contributed by atoms with Crippen molar-refractivity contribution in [2.24, 2.45) is 0 Å². The predicted molar refractivity (Wildman–Crippen MR) is 90.2 cm³/mol. The molecular weight excluding hydrogens is 284 g/mol. The second-order valence-corrected chi connectivity index (χ2v) is 6.47. The lowest BCUT2D eigenvalue weighted by Gasteiger charge is -2.19. The molecule has 0 bridgehead atoms. The first-order valence-electron chi connectivity index (χ1n) is 7.53. The van der Waals surface area contributed by atoms with Gasteiger partial charge in [0.2, 0.25) is 0 Å². The van der Waals surface area contributed by atoms with E-state index in [0.717, 1.165) is 16.9 Å². The van der Waals surface area contributed by atoms with Gasteiger partial charge < -0.3 is 0 Å². The Kier molecular flexibility index (Phi) is 3.71. The highest BCUT2D eigenvalue weighted by atomic mass is 15.4. The van der Waals surface area contributed by atoms with Crippen LogP contribution in [0.3, 0.4) is 0 Å². The van der Waals surface area contributed by atoms with Gasteiger partial charge in [-0.25, -0.2) is 4.68 Å². The number of hydrogen-bond acceptors (Lipinski definition) is 3. The first-order chi connectivity index (χ1) is 11.0. The average Bonchev–Trinajstić information content (AvgIpc) is 2.99. The van der Waals surface area contributed by atoms with Crippen LogP contribution in [0.25, 0.3) is 16.9 Å². The standard InChI is InChI=1S/C19H18N4/c1-19(2,3)15-11-9-14(10-12-15)18-17(13-20)21-22-23(18)16-7-5-4-6-8-16/h4-12H,1-3H3. The zero-order chi connectivity index (χ0) is 16.4. The summed E-state index contributed by atoms with van der Waals surface area (Å²) in [5.41, 5.74) is 4.21. The van der Waals surface area contributed by atoms with Crippen molar-refractivity contribution in [1.29, 1.82) is 5.26 Å². The molecule has 114 valence electrons. The van der Waals surface area contributed by atoms with Crippen LogP contribution in [-0.4, -0.2) is 15.0 Å². The molecule has 0 unspecified atom stereocenters. The van der Waals surface area contributed by atoms with Crippen molar-refractivity contribution in [2.75, 3.05) is 0 Å². The molecule has 0 atom stereocenters. The molecule has 3 rings (SSSR count). The Morgan fingerprint density at radius 1 is 0.957 bits per heavy atom. The van der Waals surface area contributed by atoms with Gasteiger partial charge in [-0.3, -0.25) is 0 Å². The van der Waals surface area contributed by atoms with Crippen LogP contribution >= 0.6 is 0 Å². The first-order valence-corrected chi connectivity index (χ1v) is 7.53. The molecule has 3 aromatic rings. The number of para-hydroxylation sites is 1. The van der Waals surface area contributed by atoms with E-state index >= 15 is 0 Å². The van der Waals surface area contributed by atoms with Gasteiger partial charge in [0.25, 0.3) is 0 Å². The van der Waals surface area contributed by atoms with Gasteiger partial charge in [0, 0.05) is 5.56 Å². The van der Waals surface area contributed by atoms with Crippen LogP contribution in [0, 0.1) is 11.3 Å². The summed E-state index contributed by atoms with van der Waals surface area (Å²) in [6, 6.07) is 20.1. The number of rotatable bonds is 2.